The van der Waals surface area contributed by atoms with Crippen LogP contribution < -0.4 is 5.32 Å². The molecule has 0 fully saturated rings. The Morgan fingerprint density at radius 2 is 2.22 bits per heavy atom. The molecule has 1 heterocycles. The van der Waals surface area contributed by atoms with Gasteiger partial charge in [-0.25, -0.2) is 4.98 Å². The molecule has 1 aromatic heterocycles. The molecule has 0 aliphatic heterocycles. The van der Waals surface area contributed by atoms with Crippen molar-refractivity contribution in [2.24, 2.45) is 0 Å². The summed E-state index contributed by atoms with van der Waals surface area (Å²) < 4.78 is 6.18. The average Bonchev–Trinajstić information content (AvgIpc) is 2.82. The Kier molecular flexibility index (Phi) is 4.38. The van der Waals surface area contributed by atoms with Crippen molar-refractivity contribution in [2.45, 2.75) is 26.4 Å². The first-order valence-electron chi connectivity index (χ1n) is 5.81. The van der Waals surface area contributed by atoms with Crippen LogP contribution >= 0.6 is 15.9 Å². The van der Waals surface area contributed by atoms with E-state index in [1.807, 2.05) is 19.1 Å². The molecule has 0 aliphatic rings. The van der Waals surface area contributed by atoms with E-state index in [-0.39, 0.29) is 5.75 Å². The van der Waals surface area contributed by atoms with E-state index in [9.17, 15) is 5.11 Å². The van der Waals surface area contributed by atoms with Gasteiger partial charge in [0.2, 0.25) is 5.89 Å². The minimum atomic E-state index is 0.270. The van der Waals surface area contributed by atoms with Gasteiger partial charge in [0.15, 0.2) is 0 Å². The molecule has 0 saturated carbocycles. The largest absolute Gasteiger partial charge is 0.506 e. The Bertz CT molecular complexity index is 525. The van der Waals surface area contributed by atoms with Gasteiger partial charge in [-0.05, 0) is 22.0 Å². The first kappa shape index (κ1) is 13.1. The predicted molar refractivity (Wildman–Crippen MR) is 72.2 cm³/mol. The fourth-order valence-corrected chi connectivity index (χ4v) is 2.01. The second-order valence-corrected chi connectivity index (χ2v) is 4.78. The monoisotopic (exact) mass is 310 g/mol. The lowest BCUT2D eigenvalue weighted by Crippen LogP contribution is -2.13. The second-order valence-electron chi connectivity index (χ2n) is 3.92. The molecular formula is C13H15BrN2O2. The molecule has 96 valence electrons. The molecule has 0 saturated heterocycles. The number of nitrogens with one attached hydrogen (secondary N) is 1. The minimum absolute atomic E-state index is 0.270. The summed E-state index contributed by atoms with van der Waals surface area (Å²) in [5.41, 5.74) is 0.839. The first-order chi connectivity index (χ1) is 8.70. The van der Waals surface area contributed by atoms with Crippen LogP contribution in [-0.2, 0) is 19.5 Å². The lowest BCUT2D eigenvalue weighted by Gasteiger charge is -2.06. The van der Waals surface area contributed by atoms with Crippen molar-refractivity contribution < 1.29 is 9.52 Å². The number of para-hydroxylation sites is 1. The number of hydrogen-bond donors (Lipinski definition) is 2. The molecule has 0 atom stereocenters. The molecule has 0 amide bonds. The molecule has 5 heteroatoms. The third-order valence-corrected chi connectivity index (χ3v) is 3.25. The van der Waals surface area contributed by atoms with E-state index >= 15 is 0 Å². The van der Waals surface area contributed by atoms with Crippen LogP contribution in [-0.4, -0.2) is 10.1 Å². The third kappa shape index (κ3) is 3.11. The van der Waals surface area contributed by atoms with E-state index in [2.05, 4.69) is 26.2 Å². The summed E-state index contributed by atoms with van der Waals surface area (Å²) in [6.07, 6.45) is 2.59. The highest BCUT2D eigenvalue weighted by Crippen LogP contribution is 2.27. The molecule has 2 aromatic rings. The topological polar surface area (TPSA) is 58.3 Å². The van der Waals surface area contributed by atoms with Gasteiger partial charge < -0.3 is 14.8 Å². The zero-order valence-electron chi connectivity index (χ0n) is 10.1. The van der Waals surface area contributed by atoms with Gasteiger partial charge in [0, 0.05) is 18.5 Å². The van der Waals surface area contributed by atoms with Gasteiger partial charge in [-0.1, -0.05) is 19.1 Å². The van der Waals surface area contributed by atoms with Crippen LogP contribution in [0.3, 0.4) is 0 Å². The summed E-state index contributed by atoms with van der Waals surface area (Å²) in [6.45, 7) is 3.14. The van der Waals surface area contributed by atoms with Gasteiger partial charge >= 0.3 is 0 Å². The highest BCUT2D eigenvalue weighted by Gasteiger charge is 2.05. The molecule has 1 aromatic carbocycles. The van der Waals surface area contributed by atoms with Crippen molar-refractivity contribution in [1.29, 1.82) is 0 Å². The summed E-state index contributed by atoms with van der Waals surface area (Å²) in [5.74, 6) is 1.82. The second kappa shape index (κ2) is 6.02. The number of benzene rings is 1. The smallest absolute Gasteiger partial charge is 0.208 e. The summed E-state index contributed by atoms with van der Waals surface area (Å²) in [6, 6.07) is 5.57. The Hall–Kier alpha value is -1.33. The van der Waals surface area contributed by atoms with Crippen molar-refractivity contribution in [3.8, 4) is 5.75 Å². The van der Waals surface area contributed by atoms with Crippen LogP contribution in [0.4, 0.5) is 0 Å². The number of rotatable bonds is 5. The van der Waals surface area contributed by atoms with Crippen molar-refractivity contribution >= 4 is 15.9 Å². The molecular weight excluding hydrogens is 296 g/mol. The molecule has 0 radical (unpaired) electrons. The van der Waals surface area contributed by atoms with E-state index in [1.54, 1.807) is 12.3 Å². The van der Waals surface area contributed by atoms with E-state index in [0.29, 0.717) is 23.5 Å². The standard InChI is InChI=1S/C13H15BrN2O2/c1-2-10-7-16-12(18-10)8-15-6-9-4-3-5-11(14)13(9)17/h3-5,7,15,17H,2,6,8H2,1H3. The van der Waals surface area contributed by atoms with Gasteiger partial charge in [0.1, 0.15) is 11.5 Å². The maximum absolute atomic E-state index is 9.81. The number of nitrogens with zero attached hydrogens (tertiary/aromatic N) is 1. The van der Waals surface area contributed by atoms with Crippen LogP contribution in [0.5, 0.6) is 5.75 Å². The zero-order chi connectivity index (χ0) is 13.0. The van der Waals surface area contributed by atoms with Gasteiger partial charge in [0.25, 0.3) is 0 Å². The molecule has 0 unspecified atom stereocenters. The third-order valence-electron chi connectivity index (χ3n) is 2.61. The number of aromatic nitrogens is 1. The maximum Gasteiger partial charge on any atom is 0.208 e. The Balaban J connectivity index is 1.90. The molecule has 2 N–H and O–H groups in total. The van der Waals surface area contributed by atoms with Crippen molar-refractivity contribution in [2.75, 3.05) is 0 Å². The van der Waals surface area contributed by atoms with Gasteiger partial charge in [-0.15, -0.1) is 0 Å². The number of hydrogen-bond acceptors (Lipinski definition) is 4. The van der Waals surface area contributed by atoms with Crippen LogP contribution in [0.2, 0.25) is 0 Å². The van der Waals surface area contributed by atoms with E-state index in [4.69, 9.17) is 4.42 Å². The molecule has 4 nitrogen and oxygen atoms in total. The Labute approximate surface area is 114 Å². The van der Waals surface area contributed by atoms with E-state index in [0.717, 1.165) is 17.7 Å². The Morgan fingerprint density at radius 1 is 1.39 bits per heavy atom. The highest BCUT2D eigenvalue weighted by molar-refractivity contribution is 9.10. The van der Waals surface area contributed by atoms with Crippen LogP contribution in [0.25, 0.3) is 0 Å². The van der Waals surface area contributed by atoms with Gasteiger partial charge in [-0.3, -0.25) is 0 Å². The summed E-state index contributed by atoms with van der Waals surface area (Å²) in [4.78, 5) is 4.16. The number of phenols is 1. The molecule has 0 aliphatic carbocycles. The van der Waals surface area contributed by atoms with Crippen LogP contribution in [0.15, 0.2) is 33.3 Å². The van der Waals surface area contributed by atoms with Crippen molar-refractivity contribution in [3.63, 3.8) is 0 Å². The highest BCUT2D eigenvalue weighted by atomic mass is 79.9. The molecule has 0 spiro atoms. The SMILES string of the molecule is CCc1cnc(CNCc2cccc(Br)c2O)o1. The number of phenolic OH excluding ortho intramolecular Hbond substituents is 1. The molecule has 18 heavy (non-hydrogen) atoms. The number of oxazole rings is 1. The number of halogens is 1. The zero-order valence-corrected chi connectivity index (χ0v) is 11.7. The van der Waals surface area contributed by atoms with E-state index in [1.165, 1.54) is 0 Å². The number of aryl methyl sites for hydroxylation is 1. The normalized spacial score (nSPS) is 10.8. The quantitative estimate of drug-likeness (QED) is 0.891. The Morgan fingerprint density at radius 3 is 2.94 bits per heavy atom. The summed E-state index contributed by atoms with van der Waals surface area (Å²) in [5, 5.41) is 13.0. The van der Waals surface area contributed by atoms with E-state index < -0.39 is 0 Å². The fourth-order valence-electron chi connectivity index (χ4n) is 1.60. The molecule has 2 rings (SSSR count). The predicted octanol–water partition coefficient (Wildman–Crippen LogP) is 2.99. The van der Waals surface area contributed by atoms with Gasteiger partial charge in [0.05, 0.1) is 17.2 Å². The average molecular weight is 311 g/mol. The van der Waals surface area contributed by atoms with Crippen LogP contribution in [0.1, 0.15) is 24.1 Å². The first-order valence-corrected chi connectivity index (χ1v) is 6.60. The summed E-state index contributed by atoms with van der Waals surface area (Å²) in [7, 11) is 0. The van der Waals surface area contributed by atoms with Crippen molar-refractivity contribution in [3.05, 3.63) is 46.1 Å². The lowest BCUT2D eigenvalue weighted by atomic mass is 10.2. The lowest BCUT2D eigenvalue weighted by molar-refractivity contribution is 0.432. The minimum Gasteiger partial charge on any atom is -0.506 e. The van der Waals surface area contributed by atoms with Gasteiger partial charge in [-0.2, -0.15) is 0 Å². The number of aromatic hydroxyl groups is 1. The molecule has 0 bridgehead atoms. The van der Waals surface area contributed by atoms with Crippen LogP contribution in [0, 0.1) is 0 Å². The fraction of sp³-hybridized carbons (Fsp3) is 0.308. The summed E-state index contributed by atoms with van der Waals surface area (Å²) >= 11 is 3.29. The van der Waals surface area contributed by atoms with Crippen molar-refractivity contribution in [1.82, 2.24) is 10.3 Å². The maximum atomic E-state index is 9.81.